The number of nitrogens with one attached hydrogen (secondary N) is 1. The number of likely N-dealkylation sites (N-methyl/N-ethyl adjacent to an activating group) is 1. The number of rotatable bonds is 9. The maximum Gasteiger partial charge on any atom is 0.241 e. The topological polar surface area (TPSA) is 79.0 Å². The molecule has 7 heteroatoms. The van der Waals surface area contributed by atoms with Gasteiger partial charge in [-0.2, -0.15) is 0 Å². The van der Waals surface area contributed by atoms with E-state index in [0.717, 1.165) is 5.56 Å². The van der Waals surface area contributed by atoms with Crippen LogP contribution < -0.4 is 5.32 Å². The summed E-state index contributed by atoms with van der Waals surface area (Å²) in [5.74, 6) is -0.920. The predicted octanol–water partition coefficient (Wildman–Crippen LogP) is 2.10. The molecule has 1 N–H and O–H groups in total. The Morgan fingerprint density at radius 2 is 1.48 bits per heavy atom. The van der Waals surface area contributed by atoms with Gasteiger partial charge < -0.3 is 19.9 Å². The number of ether oxygens (including phenoxy) is 1. The fourth-order valence-corrected chi connectivity index (χ4v) is 3.56. The molecule has 1 aliphatic carbocycles. The van der Waals surface area contributed by atoms with Gasteiger partial charge in [-0.05, 0) is 5.56 Å². The molecule has 0 aliphatic heterocycles. The Morgan fingerprint density at radius 1 is 0.903 bits per heavy atom. The molecule has 0 saturated heterocycles. The molecule has 0 atom stereocenters. The molecule has 3 rings (SSSR count). The van der Waals surface area contributed by atoms with Crippen molar-refractivity contribution < 1.29 is 19.1 Å². The second-order valence-corrected chi connectivity index (χ2v) is 7.42. The van der Waals surface area contributed by atoms with Crippen LogP contribution in [-0.2, 0) is 16.1 Å². The van der Waals surface area contributed by atoms with Crippen molar-refractivity contribution in [1.82, 2.24) is 15.1 Å². The highest BCUT2D eigenvalue weighted by Crippen LogP contribution is 2.29. The van der Waals surface area contributed by atoms with Gasteiger partial charge in [0.2, 0.25) is 17.5 Å². The van der Waals surface area contributed by atoms with Crippen molar-refractivity contribution in [2.45, 2.75) is 6.54 Å². The van der Waals surface area contributed by atoms with Gasteiger partial charge in [0.1, 0.15) is 11.4 Å². The van der Waals surface area contributed by atoms with Crippen LogP contribution in [0.3, 0.4) is 0 Å². The van der Waals surface area contributed by atoms with Gasteiger partial charge in [-0.15, -0.1) is 0 Å². The van der Waals surface area contributed by atoms with Gasteiger partial charge in [-0.25, -0.2) is 0 Å². The maximum absolute atomic E-state index is 13.4. The van der Waals surface area contributed by atoms with Crippen LogP contribution in [0.2, 0.25) is 0 Å². The molecule has 1 aliphatic rings. The van der Waals surface area contributed by atoms with E-state index in [4.69, 9.17) is 4.74 Å². The monoisotopic (exact) mass is 421 g/mol. The van der Waals surface area contributed by atoms with Crippen LogP contribution in [0.1, 0.15) is 26.3 Å². The summed E-state index contributed by atoms with van der Waals surface area (Å²) < 4.78 is 5.17. The van der Waals surface area contributed by atoms with Crippen molar-refractivity contribution in [3.63, 3.8) is 0 Å². The second kappa shape index (κ2) is 10.1. The largest absolute Gasteiger partial charge is 0.383 e. The van der Waals surface area contributed by atoms with Crippen LogP contribution in [0.15, 0.2) is 66.0 Å². The quantitative estimate of drug-likeness (QED) is 0.668. The van der Waals surface area contributed by atoms with Gasteiger partial charge >= 0.3 is 0 Å². The number of carbonyl (C=O) groups is 3. The fraction of sp³-hybridized carbons (Fsp3) is 0.292. The van der Waals surface area contributed by atoms with Crippen molar-refractivity contribution in [1.29, 1.82) is 0 Å². The number of carbonyl (C=O) groups excluding carboxylic acids is 3. The lowest BCUT2D eigenvalue weighted by Gasteiger charge is -2.32. The number of nitrogens with zero attached hydrogens (tertiary/aromatic N) is 2. The van der Waals surface area contributed by atoms with Crippen LogP contribution >= 0.6 is 0 Å². The van der Waals surface area contributed by atoms with Crippen molar-refractivity contribution in [3.05, 3.63) is 82.7 Å². The first-order chi connectivity index (χ1) is 15.0. The van der Waals surface area contributed by atoms with Crippen molar-refractivity contribution in [3.8, 4) is 0 Å². The van der Waals surface area contributed by atoms with E-state index in [1.54, 1.807) is 43.3 Å². The highest BCUT2D eigenvalue weighted by molar-refractivity contribution is 6.27. The Morgan fingerprint density at radius 3 is 2.06 bits per heavy atom. The third-order valence-corrected chi connectivity index (χ3v) is 5.06. The van der Waals surface area contributed by atoms with Crippen LogP contribution in [0.25, 0.3) is 0 Å². The predicted molar refractivity (Wildman–Crippen MR) is 118 cm³/mol. The van der Waals surface area contributed by atoms with E-state index in [-0.39, 0.29) is 48.6 Å². The smallest absolute Gasteiger partial charge is 0.241 e. The van der Waals surface area contributed by atoms with E-state index >= 15 is 0 Å². The molecule has 2 aromatic carbocycles. The van der Waals surface area contributed by atoms with Crippen molar-refractivity contribution in [2.75, 3.05) is 40.9 Å². The van der Waals surface area contributed by atoms with E-state index in [9.17, 15) is 14.4 Å². The summed E-state index contributed by atoms with van der Waals surface area (Å²) in [5.41, 5.74) is 2.00. The molecule has 7 nitrogen and oxygen atoms in total. The van der Waals surface area contributed by atoms with Gasteiger partial charge in [-0.1, -0.05) is 54.6 Å². The van der Waals surface area contributed by atoms with Crippen molar-refractivity contribution >= 4 is 17.5 Å². The van der Waals surface area contributed by atoms with Crippen LogP contribution in [0.5, 0.6) is 0 Å². The molecule has 2 aromatic rings. The van der Waals surface area contributed by atoms with Crippen LogP contribution in [-0.4, -0.2) is 68.2 Å². The first-order valence-corrected chi connectivity index (χ1v) is 10.1. The molecular weight excluding hydrogens is 394 g/mol. The molecule has 0 unspecified atom stereocenters. The van der Waals surface area contributed by atoms with E-state index in [0.29, 0.717) is 17.7 Å². The number of fused-ring (bicyclic) bond motifs is 1. The van der Waals surface area contributed by atoms with Crippen molar-refractivity contribution in [2.24, 2.45) is 0 Å². The van der Waals surface area contributed by atoms with Gasteiger partial charge in [0, 0.05) is 45.4 Å². The Labute approximate surface area is 182 Å². The van der Waals surface area contributed by atoms with Crippen LogP contribution in [0.4, 0.5) is 0 Å². The Bertz CT molecular complexity index is 999. The zero-order valence-electron chi connectivity index (χ0n) is 18.1. The molecule has 0 saturated carbocycles. The Hall–Kier alpha value is -3.29. The molecule has 0 aromatic heterocycles. The standard InChI is InChI=1S/C24H27N3O4/c1-26(2)21-22(24(30)19-12-8-7-11-18(19)23(21)29)27(13-14-31-3)20(28)16-25-15-17-9-5-4-6-10-17/h4-12,25H,13-16H2,1-3H3. The molecule has 1 amide bonds. The summed E-state index contributed by atoms with van der Waals surface area (Å²) in [6.45, 7) is 0.930. The molecular formula is C24H27N3O4. The first kappa shape index (κ1) is 22.4. The Balaban J connectivity index is 1.91. The number of amides is 1. The lowest BCUT2D eigenvalue weighted by atomic mass is 9.89. The van der Waals surface area contributed by atoms with Gasteiger partial charge in [-0.3, -0.25) is 14.4 Å². The molecule has 0 fully saturated rings. The summed E-state index contributed by atoms with van der Waals surface area (Å²) in [5, 5.41) is 3.12. The molecule has 0 radical (unpaired) electrons. The molecule has 0 bridgehead atoms. The zero-order valence-corrected chi connectivity index (χ0v) is 18.1. The fourth-order valence-electron chi connectivity index (χ4n) is 3.56. The van der Waals surface area contributed by atoms with E-state index in [2.05, 4.69) is 5.32 Å². The maximum atomic E-state index is 13.4. The first-order valence-electron chi connectivity index (χ1n) is 10.1. The minimum absolute atomic E-state index is 0.0198. The van der Waals surface area contributed by atoms with E-state index in [1.165, 1.54) is 12.0 Å². The van der Waals surface area contributed by atoms with Gasteiger partial charge in [0.25, 0.3) is 0 Å². The minimum atomic E-state index is -0.341. The van der Waals surface area contributed by atoms with E-state index in [1.807, 2.05) is 30.3 Å². The summed E-state index contributed by atoms with van der Waals surface area (Å²) >= 11 is 0. The molecule has 0 heterocycles. The number of allylic oxidation sites excluding steroid dienone is 2. The average Bonchev–Trinajstić information content (AvgIpc) is 2.77. The van der Waals surface area contributed by atoms with Crippen LogP contribution in [0, 0.1) is 0 Å². The average molecular weight is 421 g/mol. The SMILES string of the molecule is COCCN(C(=O)CNCc1ccccc1)C1=C(N(C)C)C(=O)c2ccccc2C1=O. The summed E-state index contributed by atoms with van der Waals surface area (Å²) in [7, 11) is 4.92. The molecule has 31 heavy (non-hydrogen) atoms. The highest BCUT2D eigenvalue weighted by Gasteiger charge is 2.37. The summed E-state index contributed by atoms with van der Waals surface area (Å²) in [4.78, 5) is 42.7. The summed E-state index contributed by atoms with van der Waals surface area (Å²) in [6.07, 6.45) is 0. The number of methoxy groups -OCH3 is 1. The lowest BCUT2D eigenvalue weighted by molar-refractivity contribution is -0.128. The molecule has 0 spiro atoms. The van der Waals surface area contributed by atoms with Gasteiger partial charge in [0.05, 0.1) is 13.2 Å². The number of Topliss-reactive ketones (excluding diaryl/α,β-unsaturated/α-hetero) is 2. The zero-order chi connectivity index (χ0) is 22.4. The van der Waals surface area contributed by atoms with E-state index < -0.39 is 0 Å². The van der Waals surface area contributed by atoms with Gasteiger partial charge in [0.15, 0.2) is 0 Å². The minimum Gasteiger partial charge on any atom is -0.383 e. The number of hydrogen-bond acceptors (Lipinski definition) is 6. The normalized spacial score (nSPS) is 13.3. The summed E-state index contributed by atoms with van der Waals surface area (Å²) in [6, 6.07) is 16.4. The second-order valence-electron chi connectivity index (χ2n) is 7.42. The highest BCUT2D eigenvalue weighted by atomic mass is 16.5. The number of ketones is 2. The lowest BCUT2D eigenvalue weighted by Crippen LogP contribution is -2.45. The number of hydrogen-bond donors (Lipinski definition) is 1. The molecule has 162 valence electrons. The number of benzene rings is 2. The third-order valence-electron chi connectivity index (χ3n) is 5.06. The third kappa shape index (κ3) is 4.90. The Kier molecular flexibility index (Phi) is 7.33.